The summed E-state index contributed by atoms with van der Waals surface area (Å²) in [6.07, 6.45) is 5.60. The van der Waals surface area contributed by atoms with Gasteiger partial charge in [-0.1, -0.05) is 0 Å². The van der Waals surface area contributed by atoms with Crippen LogP contribution in [-0.4, -0.2) is 51.1 Å². The first-order chi connectivity index (χ1) is 8.26. The van der Waals surface area contributed by atoms with Gasteiger partial charge in [-0.25, -0.2) is 0 Å². The second kappa shape index (κ2) is 8.48. The number of hydrogen-bond donors (Lipinski definition) is 2. The molecule has 1 aliphatic rings. The fraction of sp³-hybridized carbons (Fsp3) is 0.923. The number of nitrogens with zero attached hydrogens (tertiary/aromatic N) is 1. The monoisotopic (exact) mass is 241 g/mol. The Balaban J connectivity index is 2.04. The SMILES string of the molecule is CNCCC1CCN(CCCC(=O)NC)CC1. The molecule has 2 N–H and O–H groups in total. The summed E-state index contributed by atoms with van der Waals surface area (Å²) in [5.41, 5.74) is 0. The average Bonchev–Trinajstić information content (AvgIpc) is 2.37. The Hall–Kier alpha value is -0.610. The van der Waals surface area contributed by atoms with E-state index in [0.717, 1.165) is 25.4 Å². The van der Waals surface area contributed by atoms with Crippen molar-refractivity contribution in [3.63, 3.8) is 0 Å². The number of carbonyl (C=O) groups excluding carboxylic acids is 1. The lowest BCUT2D eigenvalue weighted by atomic mass is 9.93. The molecule has 1 saturated heterocycles. The minimum atomic E-state index is 0.161. The van der Waals surface area contributed by atoms with Crippen molar-refractivity contribution in [1.29, 1.82) is 0 Å². The highest BCUT2D eigenvalue weighted by molar-refractivity contribution is 5.75. The first-order valence-electron chi connectivity index (χ1n) is 6.83. The molecule has 1 amide bonds. The maximum Gasteiger partial charge on any atom is 0.219 e. The summed E-state index contributed by atoms with van der Waals surface area (Å²) in [6.45, 7) is 4.64. The van der Waals surface area contributed by atoms with E-state index < -0.39 is 0 Å². The summed E-state index contributed by atoms with van der Waals surface area (Å²) < 4.78 is 0. The lowest BCUT2D eigenvalue weighted by Gasteiger charge is -2.31. The van der Waals surface area contributed by atoms with Crippen LogP contribution < -0.4 is 10.6 Å². The molecular formula is C13H27N3O. The van der Waals surface area contributed by atoms with Gasteiger partial charge in [-0.15, -0.1) is 0 Å². The third-order valence-electron chi connectivity index (χ3n) is 3.67. The Bertz CT molecular complexity index is 213. The highest BCUT2D eigenvalue weighted by atomic mass is 16.1. The second-order valence-corrected chi connectivity index (χ2v) is 4.95. The van der Waals surface area contributed by atoms with Crippen LogP contribution in [0.3, 0.4) is 0 Å². The van der Waals surface area contributed by atoms with Crippen LogP contribution in [0.2, 0.25) is 0 Å². The fourth-order valence-electron chi connectivity index (χ4n) is 2.44. The fourth-order valence-corrected chi connectivity index (χ4v) is 2.44. The van der Waals surface area contributed by atoms with E-state index in [1.165, 1.54) is 32.4 Å². The number of nitrogens with one attached hydrogen (secondary N) is 2. The summed E-state index contributed by atoms with van der Waals surface area (Å²) in [7, 11) is 3.73. The molecule has 0 aromatic heterocycles. The minimum absolute atomic E-state index is 0.161. The van der Waals surface area contributed by atoms with Gasteiger partial charge in [-0.05, 0) is 64.8 Å². The molecule has 0 unspecified atom stereocenters. The molecule has 4 heteroatoms. The third-order valence-corrected chi connectivity index (χ3v) is 3.67. The van der Waals surface area contributed by atoms with Crippen LogP contribution >= 0.6 is 0 Å². The predicted octanol–water partition coefficient (Wildman–Crippen LogP) is 0.834. The molecule has 17 heavy (non-hydrogen) atoms. The van der Waals surface area contributed by atoms with Crippen molar-refractivity contribution >= 4 is 5.91 Å². The second-order valence-electron chi connectivity index (χ2n) is 4.95. The molecule has 0 saturated carbocycles. The van der Waals surface area contributed by atoms with Gasteiger partial charge in [0.2, 0.25) is 5.91 Å². The van der Waals surface area contributed by atoms with Crippen molar-refractivity contribution in [2.45, 2.75) is 32.1 Å². The number of carbonyl (C=O) groups is 1. The summed E-state index contributed by atoms with van der Waals surface area (Å²) in [5, 5.41) is 5.89. The number of likely N-dealkylation sites (tertiary alicyclic amines) is 1. The van der Waals surface area contributed by atoms with Gasteiger partial charge >= 0.3 is 0 Å². The van der Waals surface area contributed by atoms with E-state index in [2.05, 4.69) is 15.5 Å². The normalized spacial score (nSPS) is 18.2. The highest BCUT2D eigenvalue weighted by Gasteiger charge is 2.18. The molecule has 4 nitrogen and oxygen atoms in total. The van der Waals surface area contributed by atoms with Crippen molar-refractivity contribution in [3.05, 3.63) is 0 Å². The Labute approximate surface area is 105 Å². The predicted molar refractivity (Wildman–Crippen MR) is 71.0 cm³/mol. The van der Waals surface area contributed by atoms with Gasteiger partial charge in [-0.2, -0.15) is 0 Å². The van der Waals surface area contributed by atoms with Crippen LogP contribution in [0.5, 0.6) is 0 Å². The lowest BCUT2D eigenvalue weighted by Crippen LogP contribution is -2.35. The van der Waals surface area contributed by atoms with Crippen molar-refractivity contribution < 1.29 is 4.79 Å². The number of hydrogen-bond acceptors (Lipinski definition) is 3. The Kier molecular flexibility index (Phi) is 7.21. The molecule has 0 radical (unpaired) electrons. The van der Waals surface area contributed by atoms with Crippen LogP contribution in [0.1, 0.15) is 32.1 Å². The highest BCUT2D eigenvalue weighted by Crippen LogP contribution is 2.20. The van der Waals surface area contributed by atoms with Gasteiger partial charge in [0.1, 0.15) is 0 Å². The summed E-state index contributed by atoms with van der Waals surface area (Å²) >= 11 is 0. The van der Waals surface area contributed by atoms with Crippen molar-refractivity contribution in [3.8, 4) is 0 Å². The van der Waals surface area contributed by atoms with Crippen molar-refractivity contribution in [1.82, 2.24) is 15.5 Å². The Morgan fingerprint density at radius 1 is 1.29 bits per heavy atom. The van der Waals surface area contributed by atoms with Crippen LogP contribution in [0.15, 0.2) is 0 Å². The van der Waals surface area contributed by atoms with Crippen LogP contribution in [0.25, 0.3) is 0 Å². The smallest absolute Gasteiger partial charge is 0.219 e. The van der Waals surface area contributed by atoms with Gasteiger partial charge in [0.15, 0.2) is 0 Å². The van der Waals surface area contributed by atoms with Crippen LogP contribution in [-0.2, 0) is 4.79 Å². The first-order valence-corrected chi connectivity index (χ1v) is 6.83. The summed E-state index contributed by atoms with van der Waals surface area (Å²) in [6, 6.07) is 0. The Morgan fingerprint density at radius 2 is 2.00 bits per heavy atom. The van der Waals surface area contributed by atoms with Gasteiger partial charge in [0, 0.05) is 13.5 Å². The van der Waals surface area contributed by atoms with E-state index in [-0.39, 0.29) is 5.91 Å². The van der Waals surface area contributed by atoms with E-state index >= 15 is 0 Å². The molecule has 0 aromatic rings. The average molecular weight is 241 g/mol. The maximum atomic E-state index is 11.1. The third kappa shape index (κ3) is 6.03. The molecule has 100 valence electrons. The lowest BCUT2D eigenvalue weighted by molar-refractivity contribution is -0.120. The van der Waals surface area contributed by atoms with Crippen LogP contribution in [0.4, 0.5) is 0 Å². The van der Waals surface area contributed by atoms with Gasteiger partial charge in [0.25, 0.3) is 0 Å². The van der Waals surface area contributed by atoms with E-state index in [1.807, 2.05) is 7.05 Å². The topological polar surface area (TPSA) is 44.4 Å². The molecule has 0 spiro atoms. The molecule has 1 rings (SSSR count). The molecular weight excluding hydrogens is 214 g/mol. The zero-order valence-electron chi connectivity index (χ0n) is 11.3. The first kappa shape index (κ1) is 14.5. The zero-order valence-corrected chi connectivity index (χ0v) is 11.3. The maximum absolute atomic E-state index is 11.1. The minimum Gasteiger partial charge on any atom is -0.359 e. The van der Waals surface area contributed by atoms with Gasteiger partial charge in [0.05, 0.1) is 0 Å². The number of piperidine rings is 1. The summed E-state index contributed by atoms with van der Waals surface area (Å²) in [4.78, 5) is 13.6. The summed E-state index contributed by atoms with van der Waals surface area (Å²) in [5.74, 6) is 1.06. The van der Waals surface area contributed by atoms with E-state index in [4.69, 9.17) is 0 Å². The standard InChI is InChI=1S/C13H27N3O/c1-14-8-5-12-6-10-16(11-7-12)9-3-4-13(17)15-2/h12,14H,3-11H2,1-2H3,(H,15,17). The molecule has 0 aromatic carbocycles. The van der Waals surface area contributed by atoms with Crippen molar-refractivity contribution in [2.75, 3.05) is 40.3 Å². The number of amides is 1. The van der Waals surface area contributed by atoms with E-state index in [1.54, 1.807) is 7.05 Å². The quantitative estimate of drug-likeness (QED) is 0.694. The number of rotatable bonds is 7. The molecule has 0 bridgehead atoms. The molecule has 1 aliphatic heterocycles. The molecule has 0 aliphatic carbocycles. The molecule has 1 fully saturated rings. The van der Waals surface area contributed by atoms with E-state index in [9.17, 15) is 4.79 Å². The molecule has 0 atom stereocenters. The van der Waals surface area contributed by atoms with Gasteiger partial charge < -0.3 is 15.5 Å². The molecule has 1 heterocycles. The van der Waals surface area contributed by atoms with Crippen LogP contribution in [0, 0.1) is 5.92 Å². The van der Waals surface area contributed by atoms with Crippen molar-refractivity contribution in [2.24, 2.45) is 5.92 Å². The van der Waals surface area contributed by atoms with E-state index in [0.29, 0.717) is 6.42 Å². The zero-order chi connectivity index (χ0) is 12.5. The largest absolute Gasteiger partial charge is 0.359 e. The van der Waals surface area contributed by atoms with Gasteiger partial charge in [-0.3, -0.25) is 4.79 Å². The Morgan fingerprint density at radius 3 is 2.59 bits per heavy atom.